The molecule has 1 saturated carbocycles. The average Bonchev–Trinajstić information content (AvgIpc) is 2.23. The molecule has 92 valence electrons. The second-order valence-corrected chi connectivity index (χ2v) is 5.45. The molecule has 0 atom stereocenters. The standard InChI is InChI=1S/C13H26.C2H6/c1-11(2)5-4-6-13-9-7-12(3)8-10-13;1-2/h11-13H,4-10H2,1-3H3;1-2H3. The Morgan fingerprint density at radius 2 is 1.53 bits per heavy atom. The van der Waals surface area contributed by atoms with Gasteiger partial charge >= 0.3 is 0 Å². The van der Waals surface area contributed by atoms with Gasteiger partial charge in [0, 0.05) is 0 Å². The summed E-state index contributed by atoms with van der Waals surface area (Å²) in [4.78, 5) is 0. The first-order valence-corrected chi connectivity index (χ1v) is 7.18. The zero-order valence-electron chi connectivity index (χ0n) is 11.7. The molecule has 0 aliphatic heterocycles. The van der Waals surface area contributed by atoms with Gasteiger partial charge in [-0.3, -0.25) is 0 Å². The topological polar surface area (TPSA) is 0 Å². The molecule has 1 aliphatic rings. The van der Waals surface area contributed by atoms with Crippen LogP contribution in [0.15, 0.2) is 0 Å². The van der Waals surface area contributed by atoms with Gasteiger partial charge in [-0.05, 0) is 17.8 Å². The molecule has 15 heavy (non-hydrogen) atoms. The SMILES string of the molecule is CC.CC(C)CCCC1CCC(C)CC1. The molecule has 0 spiro atoms. The number of hydrogen-bond donors (Lipinski definition) is 0. The highest BCUT2D eigenvalue weighted by Gasteiger charge is 2.17. The Hall–Kier alpha value is 0. The third kappa shape index (κ3) is 7.88. The highest BCUT2D eigenvalue weighted by Crippen LogP contribution is 2.31. The summed E-state index contributed by atoms with van der Waals surface area (Å²) in [7, 11) is 0. The lowest BCUT2D eigenvalue weighted by atomic mass is 9.80. The lowest BCUT2D eigenvalue weighted by molar-refractivity contribution is 0.269. The maximum atomic E-state index is 2.41. The van der Waals surface area contributed by atoms with Crippen LogP contribution in [-0.2, 0) is 0 Å². The van der Waals surface area contributed by atoms with Crippen molar-refractivity contribution in [2.45, 2.75) is 79.6 Å². The van der Waals surface area contributed by atoms with Crippen molar-refractivity contribution in [1.82, 2.24) is 0 Å². The van der Waals surface area contributed by atoms with Crippen molar-refractivity contribution in [2.75, 3.05) is 0 Å². The van der Waals surface area contributed by atoms with Crippen molar-refractivity contribution in [1.29, 1.82) is 0 Å². The van der Waals surface area contributed by atoms with Crippen molar-refractivity contribution in [3.63, 3.8) is 0 Å². The third-order valence-corrected chi connectivity index (χ3v) is 3.53. The summed E-state index contributed by atoms with van der Waals surface area (Å²) in [6.07, 6.45) is 10.4. The van der Waals surface area contributed by atoms with E-state index < -0.39 is 0 Å². The van der Waals surface area contributed by atoms with Gasteiger partial charge < -0.3 is 0 Å². The third-order valence-electron chi connectivity index (χ3n) is 3.53. The van der Waals surface area contributed by atoms with Gasteiger partial charge in [0.15, 0.2) is 0 Å². The first-order chi connectivity index (χ1) is 7.18. The molecule has 0 heterocycles. The Balaban J connectivity index is 0.000000921. The van der Waals surface area contributed by atoms with Crippen LogP contribution in [0.25, 0.3) is 0 Å². The van der Waals surface area contributed by atoms with Gasteiger partial charge in [0.25, 0.3) is 0 Å². The summed E-state index contributed by atoms with van der Waals surface area (Å²) in [6, 6.07) is 0. The van der Waals surface area contributed by atoms with Crippen LogP contribution in [-0.4, -0.2) is 0 Å². The van der Waals surface area contributed by atoms with Crippen LogP contribution >= 0.6 is 0 Å². The minimum atomic E-state index is 0.905. The average molecular weight is 212 g/mol. The predicted octanol–water partition coefficient (Wildman–Crippen LogP) is 5.67. The molecule has 0 aromatic carbocycles. The molecule has 0 aromatic heterocycles. The lowest BCUT2D eigenvalue weighted by Gasteiger charge is -2.26. The molecular weight excluding hydrogens is 180 g/mol. The number of rotatable bonds is 4. The normalized spacial score (nSPS) is 26.0. The molecule has 0 bridgehead atoms. The fourth-order valence-electron chi connectivity index (χ4n) is 2.43. The summed E-state index contributed by atoms with van der Waals surface area (Å²) in [5.74, 6) is 3.00. The van der Waals surface area contributed by atoms with Crippen LogP contribution in [0, 0.1) is 17.8 Å². The highest BCUT2D eigenvalue weighted by atomic mass is 14.2. The van der Waals surface area contributed by atoms with E-state index in [1.54, 1.807) is 0 Å². The van der Waals surface area contributed by atoms with E-state index in [1.807, 2.05) is 13.8 Å². The van der Waals surface area contributed by atoms with Crippen LogP contribution in [0.1, 0.15) is 79.6 Å². The molecular formula is C15H32. The molecule has 0 heteroatoms. The van der Waals surface area contributed by atoms with Crippen molar-refractivity contribution >= 4 is 0 Å². The van der Waals surface area contributed by atoms with E-state index in [1.165, 1.54) is 44.9 Å². The van der Waals surface area contributed by atoms with E-state index in [4.69, 9.17) is 0 Å². The fourth-order valence-corrected chi connectivity index (χ4v) is 2.43. The largest absolute Gasteiger partial charge is 0.0683 e. The van der Waals surface area contributed by atoms with Crippen molar-refractivity contribution in [2.24, 2.45) is 17.8 Å². The molecule has 0 unspecified atom stereocenters. The zero-order valence-corrected chi connectivity index (χ0v) is 11.7. The van der Waals surface area contributed by atoms with Crippen LogP contribution in [0.5, 0.6) is 0 Å². The highest BCUT2D eigenvalue weighted by molar-refractivity contribution is 4.70. The van der Waals surface area contributed by atoms with Crippen molar-refractivity contribution in [3.05, 3.63) is 0 Å². The summed E-state index contributed by atoms with van der Waals surface area (Å²) in [5.41, 5.74) is 0. The van der Waals surface area contributed by atoms with Gasteiger partial charge in [0.2, 0.25) is 0 Å². The molecule has 0 N–H and O–H groups in total. The Labute approximate surface area is 97.8 Å². The van der Waals surface area contributed by atoms with Crippen LogP contribution in [0.4, 0.5) is 0 Å². The lowest BCUT2D eigenvalue weighted by Crippen LogP contribution is -2.12. The monoisotopic (exact) mass is 212 g/mol. The first-order valence-electron chi connectivity index (χ1n) is 7.18. The molecule has 1 fully saturated rings. The van der Waals surface area contributed by atoms with E-state index in [2.05, 4.69) is 20.8 Å². The molecule has 0 saturated heterocycles. The Morgan fingerprint density at radius 1 is 1.00 bits per heavy atom. The quantitative estimate of drug-likeness (QED) is 0.563. The second kappa shape index (κ2) is 9.24. The minimum absolute atomic E-state index is 0.905. The zero-order chi connectivity index (χ0) is 11.7. The molecule has 0 nitrogen and oxygen atoms in total. The van der Waals surface area contributed by atoms with E-state index >= 15 is 0 Å². The minimum Gasteiger partial charge on any atom is -0.0683 e. The summed E-state index contributed by atoms with van der Waals surface area (Å²) >= 11 is 0. The molecule has 0 amide bonds. The van der Waals surface area contributed by atoms with Crippen LogP contribution in [0.3, 0.4) is 0 Å². The van der Waals surface area contributed by atoms with E-state index in [0.717, 1.165) is 17.8 Å². The fraction of sp³-hybridized carbons (Fsp3) is 1.00. The van der Waals surface area contributed by atoms with E-state index in [0.29, 0.717) is 0 Å². The van der Waals surface area contributed by atoms with Crippen LogP contribution in [0.2, 0.25) is 0 Å². The Bertz CT molecular complexity index is 118. The van der Waals surface area contributed by atoms with Gasteiger partial charge in [-0.15, -0.1) is 0 Å². The molecule has 0 aromatic rings. The van der Waals surface area contributed by atoms with Gasteiger partial charge in [-0.1, -0.05) is 79.6 Å². The molecule has 1 rings (SSSR count). The summed E-state index contributed by atoms with van der Waals surface area (Å²) in [5, 5.41) is 0. The maximum Gasteiger partial charge on any atom is -0.0414 e. The van der Waals surface area contributed by atoms with Crippen molar-refractivity contribution in [3.8, 4) is 0 Å². The van der Waals surface area contributed by atoms with Gasteiger partial charge in [-0.25, -0.2) is 0 Å². The maximum absolute atomic E-state index is 2.41. The molecule has 1 aliphatic carbocycles. The smallest absolute Gasteiger partial charge is 0.0414 e. The summed E-state index contributed by atoms with van der Waals surface area (Å²) in [6.45, 7) is 11.1. The van der Waals surface area contributed by atoms with E-state index in [9.17, 15) is 0 Å². The predicted molar refractivity (Wildman–Crippen MR) is 71.2 cm³/mol. The van der Waals surface area contributed by atoms with Gasteiger partial charge in [-0.2, -0.15) is 0 Å². The molecule has 0 radical (unpaired) electrons. The number of hydrogen-bond acceptors (Lipinski definition) is 0. The van der Waals surface area contributed by atoms with Gasteiger partial charge in [0.05, 0.1) is 0 Å². The van der Waals surface area contributed by atoms with E-state index in [-0.39, 0.29) is 0 Å². The second-order valence-electron chi connectivity index (χ2n) is 5.45. The van der Waals surface area contributed by atoms with Gasteiger partial charge in [0.1, 0.15) is 0 Å². The Morgan fingerprint density at radius 3 is 2.00 bits per heavy atom. The summed E-state index contributed by atoms with van der Waals surface area (Å²) < 4.78 is 0. The first kappa shape index (κ1) is 15.0. The van der Waals surface area contributed by atoms with Crippen LogP contribution < -0.4 is 0 Å². The Kier molecular flexibility index (Phi) is 9.24. The van der Waals surface area contributed by atoms with Crippen molar-refractivity contribution < 1.29 is 0 Å².